The summed E-state index contributed by atoms with van der Waals surface area (Å²) < 4.78 is 5.34. The van der Waals surface area contributed by atoms with E-state index in [2.05, 4.69) is 31.9 Å². The summed E-state index contributed by atoms with van der Waals surface area (Å²) >= 11 is 0. The van der Waals surface area contributed by atoms with Gasteiger partial charge in [0.15, 0.2) is 17.9 Å². The van der Waals surface area contributed by atoms with E-state index in [9.17, 15) is 4.79 Å². The molecule has 1 fully saturated rings. The van der Waals surface area contributed by atoms with Crippen LogP contribution in [0.2, 0.25) is 0 Å². The zero-order chi connectivity index (χ0) is 21.2. The molecule has 1 aliphatic heterocycles. The van der Waals surface area contributed by atoms with Crippen molar-refractivity contribution in [1.29, 1.82) is 0 Å². The summed E-state index contributed by atoms with van der Waals surface area (Å²) in [6.45, 7) is 2.13. The zero-order valence-electron chi connectivity index (χ0n) is 17.4. The SMILES string of the molecule is CN1CCC(c2cc(C(=O)Cc3cc4nc(-c5cnco5)ccc4cn3)ccn2)CC1. The lowest BCUT2D eigenvalue weighted by molar-refractivity contribution is 0.0991. The van der Waals surface area contributed by atoms with Crippen molar-refractivity contribution in [3.63, 3.8) is 0 Å². The smallest absolute Gasteiger partial charge is 0.181 e. The molecule has 1 saturated heterocycles. The highest BCUT2D eigenvalue weighted by molar-refractivity contribution is 5.97. The number of likely N-dealkylation sites (tertiary alicyclic amines) is 1. The molecule has 5 rings (SSSR count). The number of Topliss-reactive ketones (excluding diaryl/α,β-unsaturated/α-hetero) is 1. The Labute approximate surface area is 180 Å². The van der Waals surface area contributed by atoms with Crippen LogP contribution < -0.4 is 0 Å². The van der Waals surface area contributed by atoms with Crippen molar-refractivity contribution in [2.24, 2.45) is 0 Å². The lowest BCUT2D eigenvalue weighted by atomic mass is 9.92. The van der Waals surface area contributed by atoms with E-state index in [0.717, 1.165) is 42.5 Å². The van der Waals surface area contributed by atoms with Crippen LogP contribution in [0.15, 0.2) is 59.7 Å². The molecule has 4 aromatic heterocycles. The third-order valence-corrected chi connectivity index (χ3v) is 5.90. The number of carbonyl (C=O) groups excluding carboxylic acids is 1. The lowest BCUT2D eigenvalue weighted by Crippen LogP contribution is -2.29. The molecular weight excluding hydrogens is 390 g/mol. The van der Waals surface area contributed by atoms with Gasteiger partial charge >= 0.3 is 0 Å². The van der Waals surface area contributed by atoms with E-state index in [1.807, 2.05) is 24.3 Å². The number of hydrogen-bond acceptors (Lipinski definition) is 7. The van der Waals surface area contributed by atoms with Crippen LogP contribution in [0.1, 0.15) is 40.5 Å². The molecule has 0 spiro atoms. The van der Waals surface area contributed by atoms with Crippen molar-refractivity contribution in [2.45, 2.75) is 25.2 Å². The van der Waals surface area contributed by atoms with Gasteiger partial charge in [0.1, 0.15) is 5.69 Å². The Bertz CT molecular complexity index is 1210. The van der Waals surface area contributed by atoms with Gasteiger partial charge in [-0.1, -0.05) is 0 Å². The van der Waals surface area contributed by atoms with Gasteiger partial charge < -0.3 is 9.32 Å². The summed E-state index contributed by atoms with van der Waals surface area (Å²) in [5.41, 5.74) is 3.87. The molecule has 0 unspecified atom stereocenters. The minimum atomic E-state index is 0.0369. The van der Waals surface area contributed by atoms with Crippen LogP contribution in [0.5, 0.6) is 0 Å². The van der Waals surface area contributed by atoms with Gasteiger partial charge in [0.05, 0.1) is 23.8 Å². The van der Waals surface area contributed by atoms with E-state index in [1.165, 1.54) is 6.39 Å². The van der Waals surface area contributed by atoms with Gasteiger partial charge in [0.25, 0.3) is 0 Å². The van der Waals surface area contributed by atoms with E-state index < -0.39 is 0 Å². The van der Waals surface area contributed by atoms with E-state index in [-0.39, 0.29) is 12.2 Å². The van der Waals surface area contributed by atoms with E-state index in [1.54, 1.807) is 24.7 Å². The number of ketones is 1. The quantitative estimate of drug-likeness (QED) is 0.459. The highest BCUT2D eigenvalue weighted by atomic mass is 16.3. The number of fused-ring (bicyclic) bond motifs is 1. The molecule has 0 aliphatic carbocycles. The Morgan fingerprint density at radius 3 is 2.81 bits per heavy atom. The average Bonchev–Trinajstić information content (AvgIpc) is 3.34. The molecule has 0 saturated carbocycles. The van der Waals surface area contributed by atoms with Crippen LogP contribution in [0.3, 0.4) is 0 Å². The van der Waals surface area contributed by atoms with E-state index in [4.69, 9.17) is 4.42 Å². The van der Waals surface area contributed by atoms with Gasteiger partial charge in [-0.2, -0.15) is 0 Å². The number of pyridine rings is 3. The molecule has 1 aliphatic rings. The molecule has 5 heterocycles. The molecular formula is C24H23N5O2. The molecule has 0 N–H and O–H groups in total. The molecule has 0 radical (unpaired) electrons. The minimum absolute atomic E-state index is 0.0369. The van der Waals surface area contributed by atoms with E-state index >= 15 is 0 Å². The van der Waals surface area contributed by atoms with Crippen molar-refractivity contribution >= 4 is 16.7 Å². The first kappa shape index (κ1) is 19.5. The highest BCUT2D eigenvalue weighted by Gasteiger charge is 2.20. The molecule has 31 heavy (non-hydrogen) atoms. The standard InChI is InChI=1S/C24H23N5O2/c1-29-8-5-16(6-9-29)21-10-17(4-7-26-21)23(30)12-19-11-22-18(13-27-19)2-3-20(28-22)24-14-25-15-31-24/h2-4,7,10-11,13-16H,5-6,8-9,12H2,1H3. The molecule has 0 atom stereocenters. The Kier molecular flexibility index (Phi) is 5.26. The largest absolute Gasteiger partial charge is 0.442 e. The minimum Gasteiger partial charge on any atom is -0.442 e. The third-order valence-electron chi connectivity index (χ3n) is 5.90. The van der Waals surface area contributed by atoms with Gasteiger partial charge in [-0.25, -0.2) is 9.97 Å². The van der Waals surface area contributed by atoms with E-state index in [0.29, 0.717) is 28.6 Å². The van der Waals surface area contributed by atoms with Crippen molar-refractivity contribution in [3.8, 4) is 11.5 Å². The first-order valence-electron chi connectivity index (χ1n) is 10.5. The molecule has 0 amide bonds. The van der Waals surface area contributed by atoms with Gasteiger partial charge in [-0.05, 0) is 63.3 Å². The summed E-state index contributed by atoms with van der Waals surface area (Å²) in [6.07, 6.45) is 8.89. The Morgan fingerprint density at radius 2 is 2.00 bits per heavy atom. The number of rotatable bonds is 5. The third kappa shape index (κ3) is 4.22. The molecule has 7 nitrogen and oxygen atoms in total. The summed E-state index contributed by atoms with van der Waals surface area (Å²) in [6, 6.07) is 9.43. The van der Waals surface area contributed by atoms with Crippen molar-refractivity contribution in [1.82, 2.24) is 24.8 Å². The second kappa shape index (κ2) is 8.35. The Hall–Kier alpha value is -3.45. The number of carbonyl (C=O) groups is 1. The van der Waals surface area contributed by atoms with Crippen LogP contribution >= 0.6 is 0 Å². The number of piperidine rings is 1. The topological polar surface area (TPSA) is 85.0 Å². The predicted octanol–water partition coefficient (Wildman–Crippen LogP) is 3.91. The predicted molar refractivity (Wildman–Crippen MR) is 117 cm³/mol. The number of oxazole rings is 1. The van der Waals surface area contributed by atoms with Crippen molar-refractivity contribution in [2.75, 3.05) is 20.1 Å². The number of nitrogens with zero attached hydrogens (tertiary/aromatic N) is 5. The average molecular weight is 413 g/mol. The fraction of sp³-hybridized carbons (Fsp3) is 0.292. The van der Waals surface area contributed by atoms with Crippen LogP contribution in [0.4, 0.5) is 0 Å². The van der Waals surface area contributed by atoms with Gasteiger partial charge in [0, 0.05) is 35.0 Å². The first-order chi connectivity index (χ1) is 15.2. The number of hydrogen-bond donors (Lipinski definition) is 0. The van der Waals surface area contributed by atoms with Crippen molar-refractivity contribution in [3.05, 3.63) is 72.3 Å². The van der Waals surface area contributed by atoms with Crippen LogP contribution in [-0.4, -0.2) is 50.8 Å². The van der Waals surface area contributed by atoms with Gasteiger partial charge in [-0.3, -0.25) is 14.8 Å². The summed E-state index contributed by atoms with van der Waals surface area (Å²) in [4.78, 5) is 32.9. The second-order valence-electron chi connectivity index (χ2n) is 8.08. The maximum atomic E-state index is 13.0. The van der Waals surface area contributed by atoms with Gasteiger partial charge in [-0.15, -0.1) is 0 Å². The highest BCUT2D eigenvalue weighted by Crippen LogP contribution is 2.27. The van der Waals surface area contributed by atoms with Gasteiger partial charge in [0.2, 0.25) is 0 Å². The summed E-state index contributed by atoms with van der Waals surface area (Å²) in [5.74, 6) is 1.06. The van der Waals surface area contributed by atoms with Crippen LogP contribution in [-0.2, 0) is 6.42 Å². The monoisotopic (exact) mass is 413 g/mol. The van der Waals surface area contributed by atoms with Crippen molar-refractivity contribution < 1.29 is 9.21 Å². The number of aromatic nitrogens is 4. The molecule has 0 bridgehead atoms. The Balaban J connectivity index is 1.35. The van der Waals surface area contributed by atoms with Crippen LogP contribution in [0, 0.1) is 0 Å². The summed E-state index contributed by atoms with van der Waals surface area (Å²) in [5, 5.41) is 0.910. The molecule has 4 aromatic rings. The maximum Gasteiger partial charge on any atom is 0.181 e. The fourth-order valence-corrected chi connectivity index (χ4v) is 4.05. The normalized spacial score (nSPS) is 15.4. The summed E-state index contributed by atoms with van der Waals surface area (Å²) in [7, 11) is 2.14. The second-order valence-corrected chi connectivity index (χ2v) is 8.08. The Morgan fingerprint density at radius 1 is 1.13 bits per heavy atom. The zero-order valence-corrected chi connectivity index (χ0v) is 17.4. The maximum absolute atomic E-state index is 13.0. The molecule has 0 aromatic carbocycles. The lowest BCUT2D eigenvalue weighted by Gasteiger charge is -2.28. The molecule has 7 heteroatoms. The van der Waals surface area contributed by atoms with Crippen LogP contribution in [0.25, 0.3) is 22.4 Å². The fourth-order valence-electron chi connectivity index (χ4n) is 4.05. The molecule has 156 valence electrons. The first-order valence-corrected chi connectivity index (χ1v) is 10.5.